The van der Waals surface area contributed by atoms with E-state index >= 15 is 0 Å². The summed E-state index contributed by atoms with van der Waals surface area (Å²) >= 11 is 2.86. The zero-order chi connectivity index (χ0) is 18.7. The lowest BCUT2D eigenvalue weighted by molar-refractivity contribution is -0.128. The van der Waals surface area contributed by atoms with Crippen molar-refractivity contribution >= 4 is 45.1 Å². The second-order valence-electron chi connectivity index (χ2n) is 6.23. The largest absolute Gasteiger partial charge is 0.317 e. The number of nitriles is 1. The van der Waals surface area contributed by atoms with Gasteiger partial charge in [-0.1, -0.05) is 11.8 Å². The summed E-state index contributed by atoms with van der Waals surface area (Å²) in [5.74, 6) is -0.287. The second-order valence-corrected chi connectivity index (χ2v) is 8.50. The summed E-state index contributed by atoms with van der Waals surface area (Å²) in [6.07, 6.45) is 4.20. The van der Waals surface area contributed by atoms with Crippen LogP contribution in [-0.4, -0.2) is 40.2 Å². The highest BCUT2D eigenvalue weighted by Crippen LogP contribution is 2.38. The van der Waals surface area contributed by atoms with Crippen LogP contribution in [0.4, 0.5) is 5.00 Å². The Balaban J connectivity index is 1.70. The third kappa shape index (κ3) is 3.64. The Morgan fingerprint density at radius 3 is 2.85 bits per heavy atom. The van der Waals surface area contributed by atoms with Crippen molar-refractivity contribution in [3.8, 4) is 6.07 Å². The highest BCUT2D eigenvalue weighted by Gasteiger charge is 2.38. The molecular weight excluding hydrogens is 368 g/mol. The molecule has 1 fully saturated rings. The molecule has 0 spiro atoms. The molecule has 0 radical (unpaired) electrons. The number of nitrogens with zero attached hydrogens (tertiary/aromatic N) is 3. The smallest absolute Gasteiger partial charge is 0.242 e. The van der Waals surface area contributed by atoms with Gasteiger partial charge in [-0.15, -0.1) is 11.3 Å². The van der Waals surface area contributed by atoms with E-state index in [4.69, 9.17) is 0 Å². The highest BCUT2D eigenvalue weighted by atomic mass is 32.2. The Morgan fingerprint density at radius 2 is 2.15 bits per heavy atom. The van der Waals surface area contributed by atoms with Crippen molar-refractivity contribution in [3.05, 3.63) is 16.0 Å². The molecule has 0 aromatic carbocycles. The fourth-order valence-corrected chi connectivity index (χ4v) is 5.83. The first-order valence-corrected chi connectivity index (χ1v) is 10.7. The fraction of sp³-hybridized carbons (Fsp3) is 0.556. The maximum absolute atomic E-state index is 12.5. The number of fused-ring (bicyclic) bond motifs is 1. The van der Waals surface area contributed by atoms with E-state index in [1.165, 1.54) is 28.0 Å². The van der Waals surface area contributed by atoms with Gasteiger partial charge in [0.25, 0.3) is 0 Å². The van der Waals surface area contributed by atoms with Gasteiger partial charge < -0.3 is 5.32 Å². The maximum atomic E-state index is 12.5. The minimum Gasteiger partial charge on any atom is -0.317 e. The van der Waals surface area contributed by atoms with Gasteiger partial charge in [-0.2, -0.15) is 5.26 Å². The zero-order valence-electron chi connectivity index (χ0n) is 15.0. The first-order chi connectivity index (χ1) is 12.6. The molecule has 0 unspecified atom stereocenters. The summed E-state index contributed by atoms with van der Waals surface area (Å²) in [5, 5.41) is 13.3. The lowest BCUT2D eigenvalue weighted by atomic mass is 9.96. The summed E-state index contributed by atoms with van der Waals surface area (Å²) in [4.78, 5) is 32.2. The molecule has 1 aromatic rings. The molecule has 1 N–H and O–H groups in total. The van der Waals surface area contributed by atoms with Crippen molar-refractivity contribution in [1.29, 1.82) is 5.26 Å². The van der Waals surface area contributed by atoms with E-state index in [1.54, 1.807) is 4.90 Å². The molecule has 3 rings (SSSR count). The van der Waals surface area contributed by atoms with E-state index < -0.39 is 5.25 Å². The number of thioether (sulfide) groups is 1. The Kier molecular flexibility index (Phi) is 5.99. The number of carbonyl (C=O) groups excluding carboxylic acids is 2. The third-order valence-electron chi connectivity index (χ3n) is 4.54. The molecule has 2 aliphatic rings. The van der Waals surface area contributed by atoms with Crippen molar-refractivity contribution in [3.63, 3.8) is 0 Å². The number of rotatable bonds is 5. The van der Waals surface area contributed by atoms with Crippen molar-refractivity contribution in [2.75, 3.05) is 18.4 Å². The van der Waals surface area contributed by atoms with E-state index in [9.17, 15) is 14.9 Å². The van der Waals surface area contributed by atoms with Gasteiger partial charge in [-0.05, 0) is 45.1 Å². The van der Waals surface area contributed by atoms with Crippen molar-refractivity contribution in [1.82, 2.24) is 4.90 Å². The molecule has 1 aromatic heterocycles. The SMILES string of the molecule is CCN=C1S[C@H](CC(=O)Nc2sc3c(c2C#N)CCCC3)C(=O)N1CC. The molecule has 8 heteroatoms. The number of hydrogen-bond acceptors (Lipinski definition) is 6. The van der Waals surface area contributed by atoms with E-state index in [0.717, 1.165) is 31.2 Å². The number of nitrogens with one attached hydrogen (secondary N) is 1. The molecule has 1 saturated heterocycles. The van der Waals surface area contributed by atoms with Crippen LogP contribution in [0, 0.1) is 11.3 Å². The molecule has 1 aliphatic carbocycles. The third-order valence-corrected chi connectivity index (χ3v) is 6.96. The topological polar surface area (TPSA) is 85.6 Å². The fourth-order valence-electron chi connectivity index (χ4n) is 3.31. The van der Waals surface area contributed by atoms with Crippen LogP contribution >= 0.6 is 23.1 Å². The van der Waals surface area contributed by atoms with Gasteiger partial charge in [0, 0.05) is 24.4 Å². The van der Waals surface area contributed by atoms with Crippen LogP contribution in [-0.2, 0) is 22.4 Å². The molecular formula is C18H22N4O2S2. The minimum absolute atomic E-state index is 0.0640. The average Bonchev–Trinajstić information content (AvgIpc) is 3.12. The van der Waals surface area contributed by atoms with E-state index in [1.807, 2.05) is 13.8 Å². The van der Waals surface area contributed by atoms with Crippen molar-refractivity contribution < 1.29 is 9.59 Å². The number of thiophene rings is 1. The maximum Gasteiger partial charge on any atom is 0.242 e. The van der Waals surface area contributed by atoms with Gasteiger partial charge in [0.05, 0.1) is 5.56 Å². The summed E-state index contributed by atoms with van der Waals surface area (Å²) < 4.78 is 0. The number of aryl methyl sites for hydroxylation is 1. The van der Waals surface area contributed by atoms with Crippen LogP contribution < -0.4 is 5.32 Å². The van der Waals surface area contributed by atoms with Crippen LogP contribution in [0.15, 0.2) is 4.99 Å². The minimum atomic E-state index is -0.444. The van der Waals surface area contributed by atoms with Gasteiger partial charge >= 0.3 is 0 Å². The summed E-state index contributed by atoms with van der Waals surface area (Å²) in [5.41, 5.74) is 1.70. The van der Waals surface area contributed by atoms with Gasteiger partial charge in [0.15, 0.2) is 5.17 Å². The van der Waals surface area contributed by atoms with Crippen LogP contribution in [0.2, 0.25) is 0 Å². The van der Waals surface area contributed by atoms with E-state index in [0.29, 0.717) is 28.8 Å². The van der Waals surface area contributed by atoms with Gasteiger partial charge in [0.1, 0.15) is 16.3 Å². The van der Waals surface area contributed by atoms with Gasteiger partial charge in [-0.25, -0.2) is 0 Å². The highest BCUT2D eigenvalue weighted by molar-refractivity contribution is 8.15. The molecule has 26 heavy (non-hydrogen) atoms. The monoisotopic (exact) mass is 390 g/mol. The number of carbonyl (C=O) groups is 2. The molecule has 0 saturated carbocycles. The Hall–Kier alpha value is -1.85. The normalized spacial score (nSPS) is 21.0. The second kappa shape index (κ2) is 8.23. The first kappa shape index (κ1) is 18.9. The predicted octanol–water partition coefficient (Wildman–Crippen LogP) is 3.17. The Morgan fingerprint density at radius 1 is 1.38 bits per heavy atom. The molecule has 2 heterocycles. The lowest BCUT2D eigenvalue weighted by Gasteiger charge is -2.13. The number of aliphatic imine (C=N–C) groups is 1. The van der Waals surface area contributed by atoms with Crippen molar-refractivity contribution in [2.45, 2.75) is 51.2 Å². The van der Waals surface area contributed by atoms with Crippen molar-refractivity contribution in [2.24, 2.45) is 4.99 Å². The summed E-state index contributed by atoms with van der Waals surface area (Å²) in [7, 11) is 0. The number of amides is 2. The van der Waals surface area contributed by atoms with Gasteiger partial charge in [0.2, 0.25) is 11.8 Å². The molecule has 6 nitrogen and oxygen atoms in total. The lowest BCUT2D eigenvalue weighted by Crippen LogP contribution is -2.33. The van der Waals surface area contributed by atoms with Crippen LogP contribution in [0.1, 0.15) is 49.1 Å². The molecule has 0 bridgehead atoms. The number of hydrogen-bond donors (Lipinski definition) is 1. The summed E-state index contributed by atoms with van der Waals surface area (Å²) in [6, 6.07) is 2.25. The number of amidine groups is 1. The summed E-state index contributed by atoms with van der Waals surface area (Å²) in [6.45, 7) is 4.99. The van der Waals surface area contributed by atoms with Gasteiger partial charge in [-0.3, -0.25) is 19.5 Å². The van der Waals surface area contributed by atoms with E-state index in [2.05, 4.69) is 16.4 Å². The van der Waals surface area contributed by atoms with Crippen LogP contribution in [0.25, 0.3) is 0 Å². The molecule has 1 atom stereocenters. The van der Waals surface area contributed by atoms with Crippen LogP contribution in [0.3, 0.4) is 0 Å². The molecule has 138 valence electrons. The molecule has 2 amide bonds. The van der Waals surface area contributed by atoms with E-state index in [-0.39, 0.29) is 18.2 Å². The molecule has 1 aliphatic heterocycles. The Bertz CT molecular complexity index is 794. The predicted molar refractivity (Wildman–Crippen MR) is 106 cm³/mol. The first-order valence-electron chi connectivity index (χ1n) is 8.96. The van der Waals surface area contributed by atoms with Crippen LogP contribution in [0.5, 0.6) is 0 Å². The average molecular weight is 391 g/mol. The standard InChI is InChI=1S/C18H22N4O2S2/c1-3-20-18-22(4-2)17(24)14(26-18)9-15(23)21-16-12(10-19)11-7-5-6-8-13(11)25-16/h14H,3-9H2,1-2H3,(H,21,23)/t14-/m1/s1. The number of anilines is 1. The Labute approximate surface area is 161 Å². The zero-order valence-corrected chi connectivity index (χ0v) is 16.6. The quantitative estimate of drug-likeness (QED) is 0.837.